The normalized spacial score (nSPS) is 10.9. The molecular formula is C25H22N6O4S. The van der Waals surface area contributed by atoms with E-state index in [0.29, 0.717) is 56.9 Å². The molecule has 0 radical (unpaired) electrons. The first-order valence-corrected chi connectivity index (χ1v) is 11.7. The Morgan fingerprint density at radius 2 is 1.72 bits per heavy atom. The van der Waals surface area contributed by atoms with Crippen molar-refractivity contribution in [2.75, 3.05) is 26.6 Å². The number of carbonyl (C=O) groups excluding carboxylic acids is 1. The van der Waals surface area contributed by atoms with Crippen molar-refractivity contribution < 1.29 is 19.0 Å². The number of hydrogen-bond donors (Lipinski definition) is 2. The second-order valence-corrected chi connectivity index (χ2v) is 8.42. The number of thiophene rings is 1. The van der Waals surface area contributed by atoms with E-state index in [2.05, 4.69) is 10.3 Å². The number of ether oxygens (including phenoxy) is 3. The summed E-state index contributed by atoms with van der Waals surface area (Å²) in [6.45, 7) is 0. The van der Waals surface area contributed by atoms with E-state index in [1.54, 1.807) is 75.4 Å². The molecule has 36 heavy (non-hydrogen) atoms. The zero-order valence-electron chi connectivity index (χ0n) is 19.7. The number of primary amides is 1. The van der Waals surface area contributed by atoms with Crippen LogP contribution in [0.4, 0.5) is 11.5 Å². The van der Waals surface area contributed by atoms with Gasteiger partial charge in [0.05, 0.1) is 27.0 Å². The smallest absolute Gasteiger partial charge is 0.248 e. The predicted molar refractivity (Wildman–Crippen MR) is 138 cm³/mol. The molecule has 3 aromatic heterocycles. The van der Waals surface area contributed by atoms with Crippen molar-refractivity contribution in [1.82, 2.24) is 19.5 Å². The summed E-state index contributed by atoms with van der Waals surface area (Å²) in [6.07, 6.45) is 1.71. The van der Waals surface area contributed by atoms with E-state index in [1.165, 1.54) is 0 Å². The molecule has 0 aliphatic carbocycles. The molecule has 3 N–H and O–H groups in total. The van der Waals surface area contributed by atoms with E-state index in [1.807, 2.05) is 21.4 Å². The average Bonchev–Trinajstić information content (AvgIpc) is 3.58. The monoisotopic (exact) mass is 502 g/mol. The Labute approximate surface area is 210 Å². The molecule has 3 heterocycles. The first-order chi connectivity index (χ1) is 17.5. The molecule has 0 saturated carbocycles. The van der Waals surface area contributed by atoms with E-state index in [-0.39, 0.29) is 0 Å². The zero-order chi connectivity index (χ0) is 25.2. The number of methoxy groups -OCH3 is 3. The molecule has 1 amide bonds. The third-order valence-corrected chi connectivity index (χ3v) is 6.21. The number of benzene rings is 2. The van der Waals surface area contributed by atoms with Crippen LogP contribution in [0.2, 0.25) is 0 Å². The van der Waals surface area contributed by atoms with Crippen LogP contribution in [0.3, 0.4) is 0 Å². The van der Waals surface area contributed by atoms with Crippen LogP contribution in [0.1, 0.15) is 10.4 Å². The number of nitrogens with zero attached hydrogens (tertiary/aromatic N) is 4. The highest BCUT2D eigenvalue weighted by Crippen LogP contribution is 2.41. The molecule has 2 aromatic carbocycles. The van der Waals surface area contributed by atoms with Crippen LogP contribution in [0.25, 0.3) is 28.2 Å². The van der Waals surface area contributed by atoms with Crippen molar-refractivity contribution in [2.24, 2.45) is 5.73 Å². The third kappa shape index (κ3) is 4.16. The zero-order valence-corrected chi connectivity index (χ0v) is 20.5. The molecule has 0 bridgehead atoms. The summed E-state index contributed by atoms with van der Waals surface area (Å²) in [5.74, 6) is 1.91. The maximum Gasteiger partial charge on any atom is 0.248 e. The Bertz CT molecular complexity index is 1520. The molecule has 0 saturated heterocycles. The van der Waals surface area contributed by atoms with Gasteiger partial charge in [-0.2, -0.15) is 11.3 Å². The molecular weight excluding hydrogens is 480 g/mol. The largest absolute Gasteiger partial charge is 0.493 e. The third-order valence-electron chi connectivity index (χ3n) is 5.54. The maximum atomic E-state index is 11.5. The number of anilines is 2. The van der Waals surface area contributed by atoms with Crippen LogP contribution in [0, 0.1) is 0 Å². The molecule has 5 aromatic rings. The summed E-state index contributed by atoms with van der Waals surface area (Å²) in [7, 11) is 4.66. The molecule has 0 aliphatic rings. The topological polar surface area (TPSA) is 126 Å². The van der Waals surface area contributed by atoms with Gasteiger partial charge in [-0.25, -0.2) is 15.0 Å². The summed E-state index contributed by atoms with van der Waals surface area (Å²) in [5.41, 5.74) is 9.30. The first kappa shape index (κ1) is 23.1. The fourth-order valence-electron chi connectivity index (χ4n) is 3.77. The van der Waals surface area contributed by atoms with Crippen LogP contribution < -0.4 is 25.3 Å². The van der Waals surface area contributed by atoms with Crippen LogP contribution in [-0.4, -0.2) is 46.8 Å². The van der Waals surface area contributed by atoms with Crippen molar-refractivity contribution in [2.45, 2.75) is 0 Å². The number of nitrogens with one attached hydrogen (secondary N) is 1. The Hall–Kier alpha value is -4.64. The van der Waals surface area contributed by atoms with Crippen molar-refractivity contribution >= 4 is 39.9 Å². The van der Waals surface area contributed by atoms with Crippen molar-refractivity contribution in [3.05, 3.63) is 65.1 Å². The van der Waals surface area contributed by atoms with E-state index < -0.39 is 5.91 Å². The molecule has 0 unspecified atom stereocenters. The Morgan fingerprint density at radius 3 is 2.31 bits per heavy atom. The highest BCUT2D eigenvalue weighted by atomic mass is 32.1. The lowest BCUT2D eigenvalue weighted by Gasteiger charge is -2.15. The summed E-state index contributed by atoms with van der Waals surface area (Å²) in [4.78, 5) is 25.7. The number of nitrogens with two attached hydrogens (primary N) is 1. The SMILES string of the molecule is COc1cc(Nc2nc(-c3ccc(C(N)=O)cc3)nc3c2ncn3-c2ccsc2)cc(OC)c1OC. The molecule has 5 rings (SSSR count). The van der Waals surface area contributed by atoms with Gasteiger partial charge in [0, 0.05) is 34.3 Å². The van der Waals surface area contributed by atoms with Crippen molar-refractivity contribution in [1.29, 1.82) is 0 Å². The average molecular weight is 503 g/mol. The second-order valence-electron chi connectivity index (χ2n) is 7.64. The summed E-state index contributed by atoms with van der Waals surface area (Å²) in [6, 6.07) is 12.4. The molecule has 10 nitrogen and oxygen atoms in total. The lowest BCUT2D eigenvalue weighted by molar-refractivity contribution is 0.100. The summed E-state index contributed by atoms with van der Waals surface area (Å²) < 4.78 is 18.3. The summed E-state index contributed by atoms with van der Waals surface area (Å²) in [5, 5.41) is 7.33. The predicted octanol–water partition coefficient (Wildman–Crippen LogP) is 4.41. The van der Waals surface area contributed by atoms with E-state index in [0.717, 1.165) is 5.69 Å². The van der Waals surface area contributed by atoms with Gasteiger partial charge in [-0.3, -0.25) is 9.36 Å². The lowest BCUT2D eigenvalue weighted by Crippen LogP contribution is -2.10. The number of hydrogen-bond acceptors (Lipinski definition) is 9. The molecule has 0 aliphatic heterocycles. The van der Waals surface area contributed by atoms with Gasteiger partial charge in [-0.15, -0.1) is 0 Å². The van der Waals surface area contributed by atoms with Crippen LogP contribution >= 0.6 is 11.3 Å². The number of fused-ring (bicyclic) bond motifs is 1. The standard InChI is InChI=1S/C25H22N6O4S/c1-33-18-10-16(11-19(34-2)21(18)35-3)28-24-20-25(31(13-27-20)17-8-9-36-12-17)30-23(29-24)15-6-4-14(5-7-15)22(26)32/h4-13H,1-3H3,(H2,26,32)(H,28,29,30). The molecule has 11 heteroatoms. The van der Waals surface area contributed by atoms with E-state index in [9.17, 15) is 4.79 Å². The van der Waals surface area contributed by atoms with Crippen molar-refractivity contribution in [3.8, 4) is 34.3 Å². The van der Waals surface area contributed by atoms with Gasteiger partial charge in [0.25, 0.3) is 0 Å². The van der Waals surface area contributed by atoms with Gasteiger partial charge in [0.15, 0.2) is 34.3 Å². The Balaban J connectivity index is 1.67. The van der Waals surface area contributed by atoms with Crippen LogP contribution in [0.5, 0.6) is 17.2 Å². The highest BCUT2D eigenvalue weighted by molar-refractivity contribution is 7.08. The molecule has 0 spiro atoms. The fourth-order valence-corrected chi connectivity index (χ4v) is 4.40. The van der Waals surface area contributed by atoms with Gasteiger partial charge in [0.1, 0.15) is 6.33 Å². The minimum atomic E-state index is -0.502. The van der Waals surface area contributed by atoms with Gasteiger partial charge in [-0.05, 0) is 23.6 Å². The highest BCUT2D eigenvalue weighted by Gasteiger charge is 2.18. The number of imidazole rings is 1. The van der Waals surface area contributed by atoms with Crippen LogP contribution in [0.15, 0.2) is 59.6 Å². The van der Waals surface area contributed by atoms with E-state index >= 15 is 0 Å². The number of rotatable bonds is 8. The van der Waals surface area contributed by atoms with Crippen molar-refractivity contribution in [3.63, 3.8) is 0 Å². The molecule has 182 valence electrons. The van der Waals surface area contributed by atoms with E-state index in [4.69, 9.17) is 29.9 Å². The summed E-state index contributed by atoms with van der Waals surface area (Å²) >= 11 is 1.58. The van der Waals surface area contributed by atoms with Gasteiger partial charge < -0.3 is 25.3 Å². The second kappa shape index (κ2) is 9.55. The Morgan fingerprint density at radius 1 is 1.00 bits per heavy atom. The first-order valence-electron chi connectivity index (χ1n) is 10.8. The minimum absolute atomic E-state index is 0.402. The van der Waals surface area contributed by atoms with Gasteiger partial charge in [-0.1, -0.05) is 12.1 Å². The Kier molecular flexibility index (Phi) is 6.13. The fraction of sp³-hybridized carbons (Fsp3) is 0.120. The molecule has 0 atom stereocenters. The number of carbonyl (C=O) groups is 1. The quantitative estimate of drug-likeness (QED) is 0.319. The number of aromatic nitrogens is 4. The van der Waals surface area contributed by atoms with Gasteiger partial charge >= 0.3 is 0 Å². The minimum Gasteiger partial charge on any atom is -0.493 e. The number of amides is 1. The van der Waals surface area contributed by atoms with Gasteiger partial charge in [0.2, 0.25) is 11.7 Å². The van der Waals surface area contributed by atoms with Crippen LogP contribution in [-0.2, 0) is 0 Å². The maximum absolute atomic E-state index is 11.5. The lowest BCUT2D eigenvalue weighted by atomic mass is 10.1. The molecule has 0 fully saturated rings.